The second kappa shape index (κ2) is 6.79. The summed E-state index contributed by atoms with van der Waals surface area (Å²) in [5.41, 5.74) is 1.10. The summed E-state index contributed by atoms with van der Waals surface area (Å²) < 4.78 is 5.43. The van der Waals surface area contributed by atoms with Gasteiger partial charge in [0.1, 0.15) is 5.15 Å². The Morgan fingerprint density at radius 2 is 1.82 bits per heavy atom. The number of ether oxygens (including phenoxy) is 1. The van der Waals surface area contributed by atoms with E-state index >= 15 is 0 Å². The number of halogens is 1. The first-order valence-electron chi connectivity index (χ1n) is 7.33. The van der Waals surface area contributed by atoms with Gasteiger partial charge in [-0.15, -0.1) is 0 Å². The Bertz CT molecular complexity index is 631. The zero-order chi connectivity index (χ0) is 15.4. The number of aromatic nitrogens is 3. The largest absolute Gasteiger partial charge is 0.478 e. The molecule has 0 atom stereocenters. The summed E-state index contributed by atoms with van der Waals surface area (Å²) in [6.45, 7) is 6.05. The van der Waals surface area contributed by atoms with Crippen LogP contribution in [0.2, 0.25) is 5.15 Å². The first kappa shape index (κ1) is 14.8. The number of nitrogens with zero attached hydrogens (tertiary/aromatic N) is 5. The summed E-state index contributed by atoms with van der Waals surface area (Å²) in [7, 11) is 0. The predicted molar refractivity (Wildman–Crippen MR) is 86.9 cm³/mol. The van der Waals surface area contributed by atoms with Crippen LogP contribution in [0.5, 0.6) is 5.88 Å². The van der Waals surface area contributed by atoms with Gasteiger partial charge in [0.25, 0.3) is 0 Å². The number of anilines is 2. The number of hydrogen-bond acceptors (Lipinski definition) is 6. The zero-order valence-corrected chi connectivity index (χ0v) is 13.2. The maximum absolute atomic E-state index is 5.95. The molecule has 0 amide bonds. The van der Waals surface area contributed by atoms with Gasteiger partial charge < -0.3 is 14.5 Å². The fourth-order valence-electron chi connectivity index (χ4n) is 2.47. The summed E-state index contributed by atoms with van der Waals surface area (Å²) >= 11 is 5.95. The Morgan fingerprint density at radius 1 is 1.09 bits per heavy atom. The van der Waals surface area contributed by atoms with Gasteiger partial charge in [0.05, 0.1) is 6.61 Å². The standard InChI is InChI=1S/C15H18ClN5O/c1-2-22-14-4-6-18-15(19-14)21-9-7-20(8-10-21)12-3-5-17-13(16)11-12/h3-6,11H,2,7-10H2,1H3. The van der Waals surface area contributed by atoms with Crippen molar-refractivity contribution in [3.63, 3.8) is 0 Å². The highest BCUT2D eigenvalue weighted by Gasteiger charge is 2.19. The van der Waals surface area contributed by atoms with Crippen LogP contribution in [0.1, 0.15) is 6.92 Å². The van der Waals surface area contributed by atoms with Gasteiger partial charge in [-0.25, -0.2) is 9.97 Å². The molecule has 0 saturated carbocycles. The van der Waals surface area contributed by atoms with Crippen molar-refractivity contribution in [2.24, 2.45) is 0 Å². The monoisotopic (exact) mass is 319 g/mol. The van der Waals surface area contributed by atoms with Gasteiger partial charge in [-0.2, -0.15) is 4.98 Å². The lowest BCUT2D eigenvalue weighted by atomic mass is 10.3. The van der Waals surface area contributed by atoms with Crippen LogP contribution < -0.4 is 14.5 Å². The maximum Gasteiger partial charge on any atom is 0.228 e. The first-order chi connectivity index (χ1) is 10.8. The van der Waals surface area contributed by atoms with Crippen molar-refractivity contribution in [1.82, 2.24) is 15.0 Å². The number of piperazine rings is 1. The van der Waals surface area contributed by atoms with Crippen LogP contribution in [0.15, 0.2) is 30.6 Å². The van der Waals surface area contributed by atoms with E-state index < -0.39 is 0 Å². The Hall–Kier alpha value is -2.08. The molecular weight excluding hydrogens is 302 g/mol. The molecule has 0 N–H and O–H groups in total. The van der Waals surface area contributed by atoms with Crippen molar-refractivity contribution in [3.05, 3.63) is 35.7 Å². The van der Waals surface area contributed by atoms with Crippen molar-refractivity contribution in [2.75, 3.05) is 42.6 Å². The molecule has 3 rings (SSSR count). The van der Waals surface area contributed by atoms with Crippen LogP contribution in [-0.4, -0.2) is 47.7 Å². The summed E-state index contributed by atoms with van der Waals surface area (Å²) in [6, 6.07) is 5.65. The lowest BCUT2D eigenvalue weighted by Gasteiger charge is -2.36. The molecule has 1 aliphatic rings. The predicted octanol–water partition coefficient (Wildman–Crippen LogP) is 2.25. The van der Waals surface area contributed by atoms with E-state index in [1.54, 1.807) is 18.5 Å². The van der Waals surface area contributed by atoms with Crippen molar-refractivity contribution < 1.29 is 4.74 Å². The molecule has 0 aromatic carbocycles. The van der Waals surface area contributed by atoms with Crippen LogP contribution in [0.25, 0.3) is 0 Å². The molecule has 7 heteroatoms. The second-order valence-electron chi connectivity index (χ2n) is 4.94. The third kappa shape index (κ3) is 3.39. The average Bonchev–Trinajstić information content (AvgIpc) is 2.56. The highest BCUT2D eigenvalue weighted by atomic mass is 35.5. The van der Waals surface area contributed by atoms with E-state index in [2.05, 4.69) is 24.8 Å². The van der Waals surface area contributed by atoms with Crippen molar-refractivity contribution in [2.45, 2.75) is 6.92 Å². The summed E-state index contributed by atoms with van der Waals surface area (Å²) in [4.78, 5) is 17.3. The van der Waals surface area contributed by atoms with E-state index in [0.717, 1.165) is 37.8 Å². The number of rotatable bonds is 4. The fraction of sp³-hybridized carbons (Fsp3) is 0.400. The van der Waals surface area contributed by atoms with Crippen molar-refractivity contribution in [1.29, 1.82) is 0 Å². The van der Waals surface area contributed by atoms with Crippen LogP contribution in [0, 0.1) is 0 Å². The Labute approximate surface area is 134 Å². The molecule has 116 valence electrons. The van der Waals surface area contributed by atoms with Gasteiger partial charge >= 0.3 is 0 Å². The normalized spacial score (nSPS) is 15.0. The maximum atomic E-state index is 5.95. The molecule has 3 heterocycles. The topological polar surface area (TPSA) is 54.4 Å². The lowest BCUT2D eigenvalue weighted by molar-refractivity contribution is 0.326. The second-order valence-corrected chi connectivity index (χ2v) is 5.33. The Kier molecular flexibility index (Phi) is 4.58. The molecule has 1 saturated heterocycles. The number of pyridine rings is 1. The molecule has 0 unspecified atom stereocenters. The minimum Gasteiger partial charge on any atom is -0.478 e. The molecular formula is C15H18ClN5O. The van der Waals surface area contributed by atoms with Gasteiger partial charge in [0.2, 0.25) is 11.8 Å². The molecule has 6 nitrogen and oxygen atoms in total. The molecule has 22 heavy (non-hydrogen) atoms. The molecule has 0 aliphatic carbocycles. The highest BCUT2D eigenvalue weighted by Crippen LogP contribution is 2.21. The summed E-state index contributed by atoms with van der Waals surface area (Å²) in [5.74, 6) is 1.34. The van der Waals surface area contributed by atoms with E-state index in [4.69, 9.17) is 16.3 Å². The molecule has 1 aliphatic heterocycles. The Morgan fingerprint density at radius 3 is 2.55 bits per heavy atom. The first-order valence-corrected chi connectivity index (χ1v) is 7.71. The average molecular weight is 320 g/mol. The van der Waals surface area contributed by atoms with Gasteiger partial charge in [-0.3, -0.25) is 0 Å². The summed E-state index contributed by atoms with van der Waals surface area (Å²) in [5, 5.41) is 0.521. The zero-order valence-electron chi connectivity index (χ0n) is 12.4. The van der Waals surface area contributed by atoms with E-state index in [9.17, 15) is 0 Å². The van der Waals surface area contributed by atoms with Crippen molar-refractivity contribution >= 4 is 23.2 Å². The van der Waals surface area contributed by atoms with Gasteiger partial charge in [-0.05, 0) is 19.1 Å². The van der Waals surface area contributed by atoms with E-state index in [0.29, 0.717) is 17.6 Å². The molecule has 0 bridgehead atoms. The SMILES string of the molecule is CCOc1ccnc(N2CCN(c3ccnc(Cl)c3)CC2)n1. The lowest BCUT2D eigenvalue weighted by Crippen LogP contribution is -2.47. The number of hydrogen-bond donors (Lipinski definition) is 0. The Balaban J connectivity index is 1.65. The van der Waals surface area contributed by atoms with E-state index in [-0.39, 0.29) is 0 Å². The highest BCUT2D eigenvalue weighted by molar-refractivity contribution is 6.29. The third-order valence-corrected chi connectivity index (χ3v) is 3.75. The van der Waals surface area contributed by atoms with Gasteiger partial charge in [0.15, 0.2) is 0 Å². The minimum absolute atomic E-state index is 0.521. The van der Waals surface area contributed by atoms with E-state index in [1.165, 1.54) is 0 Å². The molecule has 0 spiro atoms. The smallest absolute Gasteiger partial charge is 0.228 e. The van der Waals surface area contributed by atoms with Crippen LogP contribution in [-0.2, 0) is 0 Å². The summed E-state index contributed by atoms with van der Waals surface area (Å²) in [6.07, 6.45) is 3.47. The molecule has 2 aromatic rings. The minimum atomic E-state index is 0.521. The molecule has 2 aromatic heterocycles. The molecule has 1 fully saturated rings. The fourth-order valence-corrected chi connectivity index (χ4v) is 2.63. The third-order valence-electron chi connectivity index (χ3n) is 3.55. The van der Waals surface area contributed by atoms with E-state index in [1.807, 2.05) is 19.1 Å². The molecule has 0 radical (unpaired) electrons. The van der Waals surface area contributed by atoms with Gasteiger partial charge in [-0.1, -0.05) is 11.6 Å². The van der Waals surface area contributed by atoms with Crippen LogP contribution in [0.3, 0.4) is 0 Å². The van der Waals surface area contributed by atoms with Gasteiger partial charge in [0, 0.05) is 50.3 Å². The van der Waals surface area contributed by atoms with Crippen molar-refractivity contribution in [3.8, 4) is 5.88 Å². The van der Waals surface area contributed by atoms with Crippen LogP contribution in [0.4, 0.5) is 11.6 Å². The van der Waals surface area contributed by atoms with Crippen LogP contribution >= 0.6 is 11.6 Å². The quantitative estimate of drug-likeness (QED) is 0.806.